The van der Waals surface area contributed by atoms with E-state index in [4.69, 9.17) is 5.73 Å². The number of aryl methyl sites for hydroxylation is 1. The zero-order valence-electron chi connectivity index (χ0n) is 13.4. The van der Waals surface area contributed by atoms with E-state index in [0.29, 0.717) is 5.41 Å². The van der Waals surface area contributed by atoms with Crippen molar-refractivity contribution in [2.45, 2.75) is 46.5 Å². The van der Waals surface area contributed by atoms with E-state index >= 15 is 0 Å². The lowest BCUT2D eigenvalue weighted by Gasteiger charge is -2.42. The monoisotopic (exact) mass is 274 g/mol. The molecule has 112 valence electrons. The standard InChI is InChI=1S/C18H30N2/c1-4-20(17-7-5-15(2)6-8-17)14-18(13-19)11-9-16(3)10-12-18/h5-8,16H,4,9-14,19H2,1-3H3. The van der Waals surface area contributed by atoms with Crippen molar-refractivity contribution in [1.82, 2.24) is 0 Å². The Labute approximate surface area is 124 Å². The quantitative estimate of drug-likeness (QED) is 0.880. The molecular weight excluding hydrogens is 244 g/mol. The highest BCUT2D eigenvalue weighted by Gasteiger charge is 2.34. The summed E-state index contributed by atoms with van der Waals surface area (Å²) in [4.78, 5) is 2.50. The zero-order valence-corrected chi connectivity index (χ0v) is 13.4. The second-order valence-corrected chi connectivity index (χ2v) is 6.74. The van der Waals surface area contributed by atoms with E-state index in [1.54, 1.807) is 0 Å². The highest BCUT2D eigenvalue weighted by molar-refractivity contribution is 5.47. The second-order valence-electron chi connectivity index (χ2n) is 6.74. The number of hydrogen-bond acceptors (Lipinski definition) is 2. The van der Waals surface area contributed by atoms with E-state index in [0.717, 1.165) is 25.6 Å². The van der Waals surface area contributed by atoms with Crippen LogP contribution in [0, 0.1) is 18.3 Å². The van der Waals surface area contributed by atoms with E-state index in [2.05, 4.69) is 49.9 Å². The van der Waals surface area contributed by atoms with Gasteiger partial charge in [-0.15, -0.1) is 0 Å². The molecule has 1 aromatic rings. The van der Waals surface area contributed by atoms with Gasteiger partial charge in [-0.25, -0.2) is 0 Å². The van der Waals surface area contributed by atoms with Crippen LogP contribution >= 0.6 is 0 Å². The molecule has 1 aliphatic rings. The minimum absolute atomic E-state index is 0.327. The van der Waals surface area contributed by atoms with Gasteiger partial charge in [0.2, 0.25) is 0 Å². The molecule has 0 aliphatic heterocycles. The Kier molecular flexibility index (Phi) is 5.09. The first-order valence-corrected chi connectivity index (χ1v) is 8.10. The van der Waals surface area contributed by atoms with Crippen LogP contribution in [-0.2, 0) is 0 Å². The number of rotatable bonds is 5. The van der Waals surface area contributed by atoms with Gasteiger partial charge in [-0.1, -0.05) is 37.5 Å². The van der Waals surface area contributed by atoms with Gasteiger partial charge in [0.15, 0.2) is 0 Å². The molecule has 0 aromatic heterocycles. The van der Waals surface area contributed by atoms with Gasteiger partial charge in [-0.05, 0) is 51.3 Å². The number of nitrogens with zero attached hydrogens (tertiary/aromatic N) is 1. The Morgan fingerprint density at radius 2 is 1.80 bits per heavy atom. The molecule has 1 aliphatic carbocycles. The van der Waals surface area contributed by atoms with E-state index < -0.39 is 0 Å². The molecule has 2 rings (SSSR count). The van der Waals surface area contributed by atoms with Crippen LogP contribution in [0.15, 0.2) is 24.3 Å². The number of hydrogen-bond donors (Lipinski definition) is 1. The molecule has 1 saturated carbocycles. The summed E-state index contributed by atoms with van der Waals surface area (Å²) >= 11 is 0. The van der Waals surface area contributed by atoms with Gasteiger partial charge in [-0.2, -0.15) is 0 Å². The van der Waals surface area contributed by atoms with E-state index in [1.165, 1.54) is 36.9 Å². The van der Waals surface area contributed by atoms with Crippen molar-refractivity contribution in [2.75, 3.05) is 24.5 Å². The first-order chi connectivity index (χ1) is 9.58. The molecular formula is C18H30N2. The van der Waals surface area contributed by atoms with Crippen LogP contribution in [0.5, 0.6) is 0 Å². The molecule has 2 heteroatoms. The van der Waals surface area contributed by atoms with Crippen molar-refractivity contribution in [2.24, 2.45) is 17.1 Å². The molecule has 2 nitrogen and oxygen atoms in total. The van der Waals surface area contributed by atoms with Gasteiger partial charge in [-0.3, -0.25) is 0 Å². The molecule has 0 radical (unpaired) electrons. The molecule has 1 aromatic carbocycles. The maximum absolute atomic E-state index is 6.16. The largest absolute Gasteiger partial charge is 0.371 e. The van der Waals surface area contributed by atoms with Crippen LogP contribution in [0.3, 0.4) is 0 Å². The molecule has 0 bridgehead atoms. The number of anilines is 1. The fraction of sp³-hybridized carbons (Fsp3) is 0.667. The fourth-order valence-corrected chi connectivity index (χ4v) is 3.35. The smallest absolute Gasteiger partial charge is 0.0366 e. The van der Waals surface area contributed by atoms with Crippen molar-refractivity contribution in [3.8, 4) is 0 Å². The molecule has 0 saturated heterocycles. The molecule has 0 heterocycles. The van der Waals surface area contributed by atoms with Gasteiger partial charge in [0, 0.05) is 24.2 Å². The van der Waals surface area contributed by atoms with Gasteiger partial charge in [0.25, 0.3) is 0 Å². The Balaban J connectivity index is 2.09. The Morgan fingerprint density at radius 3 is 2.30 bits per heavy atom. The van der Waals surface area contributed by atoms with Crippen LogP contribution in [0.2, 0.25) is 0 Å². The molecule has 0 unspecified atom stereocenters. The predicted molar refractivity (Wildman–Crippen MR) is 88.2 cm³/mol. The van der Waals surface area contributed by atoms with Gasteiger partial charge < -0.3 is 10.6 Å². The average Bonchev–Trinajstić information content (AvgIpc) is 2.48. The molecule has 2 N–H and O–H groups in total. The average molecular weight is 274 g/mol. The molecule has 0 amide bonds. The summed E-state index contributed by atoms with van der Waals surface area (Å²) in [6, 6.07) is 8.90. The summed E-state index contributed by atoms with van der Waals surface area (Å²) < 4.78 is 0. The van der Waals surface area contributed by atoms with E-state index in [-0.39, 0.29) is 0 Å². The first kappa shape index (κ1) is 15.4. The van der Waals surface area contributed by atoms with E-state index in [9.17, 15) is 0 Å². The van der Waals surface area contributed by atoms with Crippen molar-refractivity contribution < 1.29 is 0 Å². The highest BCUT2D eigenvalue weighted by atomic mass is 15.1. The molecule has 20 heavy (non-hydrogen) atoms. The minimum atomic E-state index is 0.327. The van der Waals surface area contributed by atoms with Crippen molar-refractivity contribution >= 4 is 5.69 Å². The van der Waals surface area contributed by atoms with E-state index in [1.807, 2.05) is 0 Å². The summed E-state index contributed by atoms with van der Waals surface area (Å²) in [7, 11) is 0. The first-order valence-electron chi connectivity index (χ1n) is 8.10. The maximum Gasteiger partial charge on any atom is 0.0366 e. The van der Waals surface area contributed by atoms with Gasteiger partial charge in [0.1, 0.15) is 0 Å². The van der Waals surface area contributed by atoms with Gasteiger partial charge in [0.05, 0.1) is 0 Å². The lowest BCUT2D eigenvalue weighted by Crippen LogP contribution is -2.45. The summed E-state index contributed by atoms with van der Waals surface area (Å²) in [5.41, 5.74) is 9.15. The summed E-state index contributed by atoms with van der Waals surface area (Å²) in [5.74, 6) is 0.879. The lowest BCUT2D eigenvalue weighted by atomic mass is 9.70. The predicted octanol–water partition coefficient (Wildman–Crippen LogP) is 3.98. The van der Waals surface area contributed by atoms with Crippen LogP contribution < -0.4 is 10.6 Å². The number of benzene rings is 1. The van der Waals surface area contributed by atoms with Crippen LogP contribution in [0.1, 0.15) is 45.1 Å². The molecule has 0 spiro atoms. The Morgan fingerprint density at radius 1 is 1.20 bits per heavy atom. The third-order valence-corrected chi connectivity index (χ3v) is 5.08. The number of nitrogens with two attached hydrogens (primary N) is 1. The van der Waals surface area contributed by atoms with Crippen LogP contribution in [-0.4, -0.2) is 19.6 Å². The van der Waals surface area contributed by atoms with Crippen molar-refractivity contribution in [1.29, 1.82) is 0 Å². The summed E-state index contributed by atoms with van der Waals surface area (Å²) in [5, 5.41) is 0. The van der Waals surface area contributed by atoms with Gasteiger partial charge >= 0.3 is 0 Å². The molecule has 0 atom stereocenters. The maximum atomic E-state index is 6.16. The summed E-state index contributed by atoms with van der Waals surface area (Å²) in [6.45, 7) is 9.75. The topological polar surface area (TPSA) is 29.3 Å². The highest BCUT2D eigenvalue weighted by Crippen LogP contribution is 2.39. The summed E-state index contributed by atoms with van der Waals surface area (Å²) in [6.07, 6.45) is 5.24. The zero-order chi connectivity index (χ0) is 14.6. The minimum Gasteiger partial charge on any atom is -0.371 e. The van der Waals surface area contributed by atoms with Crippen molar-refractivity contribution in [3.63, 3.8) is 0 Å². The third kappa shape index (κ3) is 3.54. The Bertz CT molecular complexity index is 402. The SMILES string of the molecule is CCN(CC1(CN)CCC(C)CC1)c1ccc(C)cc1. The van der Waals surface area contributed by atoms with Crippen molar-refractivity contribution in [3.05, 3.63) is 29.8 Å². The lowest BCUT2D eigenvalue weighted by molar-refractivity contribution is 0.169. The van der Waals surface area contributed by atoms with Crippen LogP contribution in [0.25, 0.3) is 0 Å². The Hall–Kier alpha value is -1.02. The molecule has 1 fully saturated rings. The van der Waals surface area contributed by atoms with Crippen LogP contribution in [0.4, 0.5) is 5.69 Å². The fourth-order valence-electron chi connectivity index (χ4n) is 3.35. The second kappa shape index (κ2) is 6.62. The normalized spacial score (nSPS) is 26.5. The third-order valence-electron chi connectivity index (χ3n) is 5.08.